The van der Waals surface area contributed by atoms with Gasteiger partial charge in [0.2, 0.25) is 5.91 Å². The Hall–Kier alpha value is -2.15. The van der Waals surface area contributed by atoms with E-state index in [0.717, 1.165) is 5.56 Å². The summed E-state index contributed by atoms with van der Waals surface area (Å²) >= 11 is 0. The van der Waals surface area contributed by atoms with E-state index >= 15 is 0 Å². The van der Waals surface area contributed by atoms with Crippen molar-refractivity contribution in [1.82, 2.24) is 9.47 Å². The average molecular weight is 308 g/mol. The topological polar surface area (TPSA) is 88.8 Å². The Morgan fingerprint density at radius 3 is 2.73 bits per heavy atom. The van der Waals surface area contributed by atoms with Gasteiger partial charge in [0.15, 0.2) is 0 Å². The zero-order valence-corrected chi connectivity index (χ0v) is 12.8. The lowest BCUT2D eigenvalue weighted by Crippen LogP contribution is -2.39. The number of hydrogen-bond acceptors (Lipinski definition) is 4. The highest BCUT2D eigenvalue weighted by atomic mass is 16.5. The summed E-state index contributed by atoms with van der Waals surface area (Å²) in [6, 6.07) is 0. The fourth-order valence-corrected chi connectivity index (χ4v) is 2.67. The van der Waals surface area contributed by atoms with Gasteiger partial charge in [0.1, 0.15) is 5.56 Å². The molecule has 22 heavy (non-hydrogen) atoms. The fraction of sp³-hybridized carbons (Fsp3) is 0.533. The van der Waals surface area contributed by atoms with E-state index in [2.05, 4.69) is 0 Å². The van der Waals surface area contributed by atoms with Crippen LogP contribution in [0.1, 0.15) is 35.3 Å². The molecule has 0 radical (unpaired) electrons. The first kappa shape index (κ1) is 16.2. The molecule has 0 bridgehead atoms. The number of pyridine rings is 1. The molecule has 7 nitrogen and oxygen atoms in total. The van der Waals surface area contributed by atoms with E-state index in [1.165, 1.54) is 11.5 Å². The van der Waals surface area contributed by atoms with Gasteiger partial charge in [0.05, 0.1) is 6.61 Å². The number of ether oxygens (including phenoxy) is 1. The molecule has 7 heteroatoms. The number of nitrogens with zero attached hydrogens (tertiary/aromatic N) is 2. The van der Waals surface area contributed by atoms with E-state index in [-0.39, 0.29) is 11.5 Å². The molecule has 1 amide bonds. The number of carbonyl (C=O) groups excluding carboxylic acids is 1. The Bertz CT molecular complexity index is 650. The highest BCUT2D eigenvalue weighted by Gasteiger charge is 2.26. The molecule has 0 saturated heterocycles. The van der Waals surface area contributed by atoms with Crippen LogP contribution in [0, 0.1) is 0 Å². The second-order valence-corrected chi connectivity index (χ2v) is 5.20. The largest absolute Gasteiger partial charge is 0.477 e. The summed E-state index contributed by atoms with van der Waals surface area (Å²) in [7, 11) is 0. The third kappa shape index (κ3) is 3.19. The summed E-state index contributed by atoms with van der Waals surface area (Å²) in [4.78, 5) is 37.0. The van der Waals surface area contributed by atoms with Gasteiger partial charge in [-0.2, -0.15) is 0 Å². The number of carbonyl (C=O) groups is 2. The van der Waals surface area contributed by atoms with Crippen LogP contribution in [-0.2, 0) is 29.0 Å². The van der Waals surface area contributed by atoms with E-state index in [1.807, 2.05) is 6.92 Å². The predicted octanol–water partition coefficient (Wildman–Crippen LogP) is 0.488. The quantitative estimate of drug-likeness (QED) is 0.800. The van der Waals surface area contributed by atoms with E-state index in [1.54, 1.807) is 11.1 Å². The predicted molar refractivity (Wildman–Crippen MR) is 78.9 cm³/mol. The summed E-state index contributed by atoms with van der Waals surface area (Å²) in [6.45, 7) is 5.26. The van der Waals surface area contributed by atoms with Crippen molar-refractivity contribution in [3.05, 3.63) is 33.2 Å². The summed E-state index contributed by atoms with van der Waals surface area (Å²) in [5.74, 6) is -1.28. The highest BCUT2D eigenvalue weighted by Crippen LogP contribution is 2.20. The van der Waals surface area contributed by atoms with Crippen LogP contribution in [0.5, 0.6) is 0 Å². The van der Waals surface area contributed by atoms with E-state index in [0.29, 0.717) is 44.8 Å². The summed E-state index contributed by atoms with van der Waals surface area (Å²) in [6.07, 6.45) is 2.04. The molecule has 0 aromatic carbocycles. The van der Waals surface area contributed by atoms with Gasteiger partial charge in [0, 0.05) is 39.4 Å². The number of aromatic carboxylic acids is 1. The SMILES string of the molecule is CCOCCn1cc2c(c(C(=O)O)c1=O)CCN(C(C)=O)C2. The van der Waals surface area contributed by atoms with Crippen molar-refractivity contribution in [2.75, 3.05) is 19.8 Å². The molecule has 1 aromatic heterocycles. The molecule has 2 rings (SSSR count). The van der Waals surface area contributed by atoms with Gasteiger partial charge in [-0.25, -0.2) is 4.79 Å². The monoisotopic (exact) mass is 308 g/mol. The molecule has 120 valence electrons. The molecule has 0 unspecified atom stereocenters. The number of aromatic nitrogens is 1. The maximum Gasteiger partial charge on any atom is 0.341 e. The van der Waals surface area contributed by atoms with Crippen LogP contribution in [0.2, 0.25) is 0 Å². The van der Waals surface area contributed by atoms with Crippen molar-refractivity contribution in [3.8, 4) is 0 Å². The van der Waals surface area contributed by atoms with Gasteiger partial charge in [-0.15, -0.1) is 0 Å². The Kier molecular flexibility index (Phi) is 4.97. The van der Waals surface area contributed by atoms with Crippen molar-refractivity contribution in [2.24, 2.45) is 0 Å². The minimum Gasteiger partial charge on any atom is -0.477 e. The molecule has 0 aliphatic carbocycles. The number of carboxylic acids is 1. The summed E-state index contributed by atoms with van der Waals surface area (Å²) in [5, 5.41) is 9.37. The third-order valence-electron chi connectivity index (χ3n) is 3.81. The lowest BCUT2D eigenvalue weighted by atomic mass is 9.96. The Labute approximate surface area is 128 Å². The molecule has 0 fully saturated rings. The van der Waals surface area contributed by atoms with Gasteiger partial charge >= 0.3 is 5.97 Å². The van der Waals surface area contributed by atoms with Crippen molar-refractivity contribution in [1.29, 1.82) is 0 Å². The highest BCUT2D eigenvalue weighted by molar-refractivity contribution is 5.89. The van der Waals surface area contributed by atoms with Gasteiger partial charge in [0.25, 0.3) is 5.56 Å². The maximum absolute atomic E-state index is 12.3. The third-order valence-corrected chi connectivity index (χ3v) is 3.81. The van der Waals surface area contributed by atoms with Gasteiger partial charge in [-0.3, -0.25) is 9.59 Å². The molecule has 0 atom stereocenters. The lowest BCUT2D eigenvalue weighted by molar-refractivity contribution is -0.129. The first-order valence-electron chi connectivity index (χ1n) is 7.27. The molecule has 2 heterocycles. The van der Waals surface area contributed by atoms with Crippen molar-refractivity contribution >= 4 is 11.9 Å². The number of hydrogen-bond donors (Lipinski definition) is 1. The van der Waals surface area contributed by atoms with Crippen LogP contribution >= 0.6 is 0 Å². The number of amides is 1. The minimum atomic E-state index is -1.22. The molecule has 0 saturated carbocycles. The average Bonchev–Trinajstić information content (AvgIpc) is 2.47. The van der Waals surface area contributed by atoms with Gasteiger partial charge in [-0.05, 0) is 24.5 Å². The number of carboxylic acid groups (broad SMARTS) is 1. The Balaban J connectivity index is 2.44. The van der Waals surface area contributed by atoms with Crippen LogP contribution in [0.4, 0.5) is 0 Å². The number of rotatable bonds is 5. The molecule has 1 aliphatic heterocycles. The van der Waals surface area contributed by atoms with E-state index in [9.17, 15) is 19.5 Å². The summed E-state index contributed by atoms with van der Waals surface area (Å²) < 4.78 is 6.59. The van der Waals surface area contributed by atoms with Crippen LogP contribution in [0.3, 0.4) is 0 Å². The smallest absolute Gasteiger partial charge is 0.341 e. The van der Waals surface area contributed by atoms with Crippen LogP contribution in [-0.4, -0.2) is 46.2 Å². The van der Waals surface area contributed by atoms with E-state index < -0.39 is 11.5 Å². The normalized spacial score (nSPS) is 13.8. The van der Waals surface area contributed by atoms with E-state index in [4.69, 9.17) is 4.74 Å². The molecule has 0 spiro atoms. The molecule has 1 N–H and O–H groups in total. The maximum atomic E-state index is 12.3. The first-order chi connectivity index (χ1) is 10.5. The second kappa shape index (κ2) is 6.74. The first-order valence-corrected chi connectivity index (χ1v) is 7.27. The zero-order valence-electron chi connectivity index (χ0n) is 12.8. The second-order valence-electron chi connectivity index (χ2n) is 5.20. The van der Waals surface area contributed by atoms with Gasteiger partial charge in [-0.1, -0.05) is 0 Å². The fourth-order valence-electron chi connectivity index (χ4n) is 2.67. The Morgan fingerprint density at radius 1 is 1.41 bits per heavy atom. The van der Waals surface area contributed by atoms with Gasteiger partial charge < -0.3 is 19.3 Å². The van der Waals surface area contributed by atoms with Crippen molar-refractivity contribution in [2.45, 2.75) is 33.4 Å². The van der Waals surface area contributed by atoms with Crippen molar-refractivity contribution in [3.63, 3.8) is 0 Å². The zero-order chi connectivity index (χ0) is 16.3. The summed E-state index contributed by atoms with van der Waals surface area (Å²) in [5.41, 5.74) is 0.567. The van der Waals surface area contributed by atoms with Crippen LogP contribution < -0.4 is 5.56 Å². The molecular weight excluding hydrogens is 288 g/mol. The minimum absolute atomic E-state index is 0.0606. The molecule has 1 aliphatic rings. The van der Waals surface area contributed by atoms with Crippen LogP contribution in [0.25, 0.3) is 0 Å². The van der Waals surface area contributed by atoms with Crippen molar-refractivity contribution < 1.29 is 19.4 Å². The number of fused-ring (bicyclic) bond motifs is 1. The molecular formula is C15H20N2O5. The molecule has 1 aromatic rings. The van der Waals surface area contributed by atoms with Crippen LogP contribution in [0.15, 0.2) is 11.0 Å². The standard InChI is InChI=1S/C15H20N2O5/c1-3-22-7-6-17-9-11-8-16(10(2)18)5-4-12(11)13(14(17)19)15(20)21/h9H,3-8H2,1-2H3,(H,20,21). The lowest BCUT2D eigenvalue weighted by Gasteiger charge is -2.29. The Morgan fingerprint density at radius 2 is 2.14 bits per heavy atom.